The molecule has 0 fully saturated rings. The Balaban J connectivity index is 2.44. The predicted molar refractivity (Wildman–Crippen MR) is 83.7 cm³/mol. The maximum atomic E-state index is 6.12. The van der Waals surface area contributed by atoms with E-state index in [9.17, 15) is 0 Å². The lowest BCUT2D eigenvalue weighted by Gasteiger charge is -2.19. The lowest BCUT2D eigenvalue weighted by atomic mass is 10.00. The van der Waals surface area contributed by atoms with Crippen molar-refractivity contribution in [1.82, 2.24) is 5.32 Å². The van der Waals surface area contributed by atoms with Crippen molar-refractivity contribution in [3.05, 3.63) is 55.1 Å². The van der Waals surface area contributed by atoms with Crippen LogP contribution in [-0.4, -0.2) is 6.54 Å². The number of aryl methyl sites for hydroxylation is 1. The largest absolute Gasteiger partial charge is 0.306 e. The molecule has 0 bridgehead atoms. The normalized spacial score (nSPS) is 12.7. The third-order valence-electron chi connectivity index (χ3n) is 2.84. The van der Waals surface area contributed by atoms with Crippen LogP contribution in [0.4, 0.5) is 0 Å². The van der Waals surface area contributed by atoms with Crippen LogP contribution in [0, 0.1) is 6.92 Å². The van der Waals surface area contributed by atoms with Crippen LogP contribution in [0.1, 0.15) is 29.0 Å². The second-order valence-electron chi connectivity index (χ2n) is 4.13. The zero-order valence-corrected chi connectivity index (χ0v) is 13.5. The Hall–Kier alpha value is -0.350. The molecule has 1 heterocycles. The van der Waals surface area contributed by atoms with E-state index in [-0.39, 0.29) is 6.04 Å². The van der Waals surface area contributed by atoms with E-state index in [2.05, 4.69) is 59.4 Å². The van der Waals surface area contributed by atoms with Crippen molar-refractivity contribution in [2.45, 2.75) is 19.9 Å². The molecule has 0 aliphatic rings. The van der Waals surface area contributed by atoms with Crippen molar-refractivity contribution < 1.29 is 0 Å². The van der Waals surface area contributed by atoms with Crippen LogP contribution in [0.5, 0.6) is 0 Å². The van der Waals surface area contributed by atoms with Gasteiger partial charge in [0.1, 0.15) is 0 Å². The molecule has 1 atom stereocenters. The van der Waals surface area contributed by atoms with Gasteiger partial charge in [-0.2, -0.15) is 0 Å². The second-order valence-corrected chi connectivity index (χ2v) is 7.06. The summed E-state index contributed by atoms with van der Waals surface area (Å²) in [5.41, 5.74) is 2.51. The first kappa shape index (κ1) is 14.1. The van der Waals surface area contributed by atoms with E-state index in [1.807, 2.05) is 6.07 Å². The lowest BCUT2D eigenvalue weighted by Crippen LogP contribution is -2.21. The van der Waals surface area contributed by atoms with Crippen LogP contribution in [0.15, 0.2) is 34.1 Å². The van der Waals surface area contributed by atoms with Crippen LogP contribution in [-0.2, 0) is 0 Å². The van der Waals surface area contributed by atoms with Crippen LogP contribution < -0.4 is 5.32 Å². The van der Waals surface area contributed by atoms with Gasteiger partial charge in [-0.05, 0) is 64.8 Å². The minimum Gasteiger partial charge on any atom is -0.306 e. The molecule has 1 nitrogen and oxygen atoms in total. The molecule has 2 rings (SSSR count). The summed E-state index contributed by atoms with van der Waals surface area (Å²) in [7, 11) is 0. The fourth-order valence-electron chi connectivity index (χ4n) is 1.97. The molecule has 0 aliphatic heterocycles. The highest BCUT2D eigenvalue weighted by Gasteiger charge is 2.17. The van der Waals surface area contributed by atoms with Crippen molar-refractivity contribution >= 4 is 38.9 Å². The van der Waals surface area contributed by atoms with Crippen molar-refractivity contribution in [3.8, 4) is 0 Å². The number of rotatable bonds is 4. The summed E-state index contributed by atoms with van der Waals surface area (Å²) in [6.07, 6.45) is 0. The van der Waals surface area contributed by atoms with Gasteiger partial charge in [-0.25, -0.2) is 0 Å². The molecule has 1 aromatic heterocycles. The van der Waals surface area contributed by atoms with Gasteiger partial charge < -0.3 is 5.32 Å². The summed E-state index contributed by atoms with van der Waals surface area (Å²) in [6, 6.07) is 10.5. The van der Waals surface area contributed by atoms with Crippen molar-refractivity contribution in [3.63, 3.8) is 0 Å². The Kier molecular flexibility index (Phi) is 4.84. The Bertz CT molecular complexity index is 538. The molecule has 0 saturated carbocycles. The molecule has 18 heavy (non-hydrogen) atoms. The molecular formula is C14H15BrClNS. The zero-order chi connectivity index (χ0) is 13.1. The van der Waals surface area contributed by atoms with Gasteiger partial charge in [-0.1, -0.05) is 24.6 Å². The van der Waals surface area contributed by atoms with Crippen molar-refractivity contribution in [2.75, 3.05) is 6.54 Å². The maximum absolute atomic E-state index is 6.12. The molecule has 0 radical (unpaired) electrons. The maximum Gasteiger partial charge on any atom is 0.0702 e. The molecule has 4 heteroatoms. The first-order valence-corrected chi connectivity index (χ1v) is 7.85. The standard InChI is InChI=1S/C14H15BrClNS/c1-3-17-14(12-6-7-13(15)18-12)11-8-10(16)5-4-9(11)2/h4-8,14,17H,3H2,1-2H3. The average molecular weight is 345 g/mol. The fourth-order valence-corrected chi connectivity index (χ4v) is 3.67. The third kappa shape index (κ3) is 3.15. The van der Waals surface area contributed by atoms with Crippen LogP contribution in [0.3, 0.4) is 0 Å². The van der Waals surface area contributed by atoms with E-state index in [4.69, 9.17) is 11.6 Å². The molecular weight excluding hydrogens is 330 g/mol. The van der Waals surface area contributed by atoms with Gasteiger partial charge in [0, 0.05) is 9.90 Å². The highest BCUT2D eigenvalue weighted by Crippen LogP contribution is 2.33. The SMILES string of the molecule is CCNC(c1ccc(Br)s1)c1cc(Cl)ccc1C. The molecule has 0 aliphatic carbocycles. The first-order chi connectivity index (χ1) is 8.61. The van der Waals surface area contributed by atoms with Gasteiger partial charge in [0.15, 0.2) is 0 Å². The van der Waals surface area contributed by atoms with Gasteiger partial charge in [0.05, 0.1) is 9.83 Å². The highest BCUT2D eigenvalue weighted by atomic mass is 79.9. The number of benzene rings is 1. The molecule has 0 amide bonds. The van der Waals surface area contributed by atoms with E-state index < -0.39 is 0 Å². The summed E-state index contributed by atoms with van der Waals surface area (Å²) in [6.45, 7) is 5.17. The van der Waals surface area contributed by atoms with Gasteiger partial charge in [-0.15, -0.1) is 11.3 Å². The van der Waals surface area contributed by atoms with E-state index >= 15 is 0 Å². The van der Waals surface area contributed by atoms with E-state index in [0.717, 1.165) is 15.4 Å². The minimum atomic E-state index is 0.213. The first-order valence-electron chi connectivity index (χ1n) is 5.86. The number of hydrogen-bond donors (Lipinski definition) is 1. The van der Waals surface area contributed by atoms with Gasteiger partial charge in [0.25, 0.3) is 0 Å². The third-order valence-corrected chi connectivity index (χ3v) is 4.76. The van der Waals surface area contributed by atoms with E-state index in [1.165, 1.54) is 16.0 Å². The predicted octanol–water partition coefficient (Wildman–Crippen LogP) is 5.17. The quantitative estimate of drug-likeness (QED) is 0.806. The van der Waals surface area contributed by atoms with E-state index in [0.29, 0.717) is 0 Å². The summed E-state index contributed by atoms with van der Waals surface area (Å²) < 4.78 is 1.15. The molecule has 1 unspecified atom stereocenters. The summed E-state index contributed by atoms with van der Waals surface area (Å²) in [4.78, 5) is 1.30. The molecule has 1 N–H and O–H groups in total. The van der Waals surface area contributed by atoms with Crippen LogP contribution >= 0.6 is 38.9 Å². The lowest BCUT2D eigenvalue weighted by molar-refractivity contribution is 0.637. The molecule has 0 spiro atoms. The Labute approximate surface area is 125 Å². The number of nitrogens with one attached hydrogen (secondary N) is 1. The second kappa shape index (κ2) is 6.20. The van der Waals surface area contributed by atoms with Crippen LogP contribution in [0.25, 0.3) is 0 Å². The number of thiophene rings is 1. The summed E-state index contributed by atoms with van der Waals surface area (Å²) in [5.74, 6) is 0. The molecule has 96 valence electrons. The smallest absolute Gasteiger partial charge is 0.0702 e. The Morgan fingerprint density at radius 2 is 2.11 bits per heavy atom. The molecule has 0 saturated heterocycles. The van der Waals surface area contributed by atoms with Gasteiger partial charge >= 0.3 is 0 Å². The minimum absolute atomic E-state index is 0.213. The zero-order valence-electron chi connectivity index (χ0n) is 10.3. The highest BCUT2D eigenvalue weighted by molar-refractivity contribution is 9.11. The van der Waals surface area contributed by atoms with E-state index in [1.54, 1.807) is 11.3 Å². The Morgan fingerprint density at radius 3 is 2.72 bits per heavy atom. The summed E-state index contributed by atoms with van der Waals surface area (Å²) in [5, 5.41) is 4.31. The average Bonchev–Trinajstić information content (AvgIpc) is 2.76. The van der Waals surface area contributed by atoms with Gasteiger partial charge in [0.2, 0.25) is 0 Å². The Morgan fingerprint density at radius 1 is 1.33 bits per heavy atom. The topological polar surface area (TPSA) is 12.0 Å². The van der Waals surface area contributed by atoms with Gasteiger partial charge in [-0.3, -0.25) is 0 Å². The van der Waals surface area contributed by atoms with Crippen molar-refractivity contribution in [2.24, 2.45) is 0 Å². The monoisotopic (exact) mass is 343 g/mol. The summed E-state index contributed by atoms with van der Waals surface area (Å²) >= 11 is 11.4. The number of hydrogen-bond acceptors (Lipinski definition) is 2. The van der Waals surface area contributed by atoms with Crippen LogP contribution in [0.2, 0.25) is 5.02 Å². The number of halogens is 2. The molecule has 2 aromatic rings. The molecule has 1 aromatic carbocycles. The fraction of sp³-hybridized carbons (Fsp3) is 0.286. The van der Waals surface area contributed by atoms with Crippen molar-refractivity contribution in [1.29, 1.82) is 0 Å².